The molecule has 0 saturated carbocycles. The van der Waals surface area contributed by atoms with Crippen LogP contribution in [0.3, 0.4) is 0 Å². The predicted molar refractivity (Wildman–Crippen MR) is 99.9 cm³/mol. The summed E-state index contributed by atoms with van der Waals surface area (Å²) in [6, 6.07) is 16.8. The van der Waals surface area contributed by atoms with Crippen LogP contribution in [0.15, 0.2) is 48.5 Å². The smallest absolute Gasteiger partial charge is 0.193 e. The van der Waals surface area contributed by atoms with Crippen LogP contribution in [0.5, 0.6) is 0 Å². The van der Waals surface area contributed by atoms with Gasteiger partial charge >= 0.3 is 0 Å². The van der Waals surface area contributed by atoms with Crippen LogP contribution in [0, 0.1) is 25.2 Å². The fraction of sp³-hybridized carbons (Fsp3) is 0.0952. The Morgan fingerprint density at radius 2 is 1.81 bits per heavy atom. The largest absolute Gasteiger partial charge is 0.350 e. The van der Waals surface area contributed by atoms with Gasteiger partial charge in [0.15, 0.2) is 5.78 Å². The van der Waals surface area contributed by atoms with E-state index in [1.807, 2.05) is 38.1 Å². The number of carbonyl (C=O) groups excluding carboxylic acids is 1. The Balaban J connectivity index is 1.79. The Labute approximate surface area is 150 Å². The molecule has 0 radical (unpaired) electrons. The highest BCUT2D eigenvalue weighted by Gasteiger charge is 2.17. The first-order valence-corrected chi connectivity index (χ1v) is 8.27. The van der Waals surface area contributed by atoms with Crippen molar-refractivity contribution in [1.29, 1.82) is 5.26 Å². The van der Waals surface area contributed by atoms with Crippen LogP contribution in [0.25, 0.3) is 22.4 Å². The molecule has 5 nitrogen and oxygen atoms in total. The fourth-order valence-electron chi connectivity index (χ4n) is 3.24. The molecule has 4 rings (SSSR count). The molecule has 0 unspecified atom stereocenters. The van der Waals surface area contributed by atoms with Crippen LogP contribution in [0.2, 0.25) is 0 Å². The standard InChI is InChI=1S/C21H16N4O/c1-12-18(11-22)23-13(2)19(12)21-24-16-9-8-15(10-17(16)25-21)20(26)14-6-4-3-5-7-14/h3-10,23H,1-2H3,(H,24,25). The van der Waals surface area contributed by atoms with Gasteiger partial charge in [-0.15, -0.1) is 0 Å². The Hall–Kier alpha value is -3.65. The lowest BCUT2D eigenvalue weighted by Crippen LogP contribution is -2.00. The minimum Gasteiger partial charge on any atom is -0.350 e. The molecular weight excluding hydrogens is 324 g/mol. The Morgan fingerprint density at radius 1 is 1.04 bits per heavy atom. The number of rotatable bonds is 3. The van der Waals surface area contributed by atoms with E-state index in [2.05, 4.69) is 21.0 Å². The highest BCUT2D eigenvalue weighted by molar-refractivity contribution is 6.10. The molecule has 26 heavy (non-hydrogen) atoms. The molecule has 0 amide bonds. The molecule has 2 N–H and O–H groups in total. The van der Waals surface area contributed by atoms with Crippen molar-refractivity contribution in [2.75, 3.05) is 0 Å². The Bertz CT molecular complexity index is 1180. The number of carbonyl (C=O) groups is 1. The molecule has 0 fully saturated rings. The summed E-state index contributed by atoms with van der Waals surface area (Å²) in [5.74, 6) is 0.662. The van der Waals surface area contributed by atoms with Crippen LogP contribution in [0.1, 0.15) is 32.9 Å². The number of H-pyrrole nitrogens is 2. The van der Waals surface area contributed by atoms with Crippen molar-refractivity contribution in [3.05, 3.63) is 76.6 Å². The van der Waals surface area contributed by atoms with Crippen molar-refractivity contribution in [2.45, 2.75) is 13.8 Å². The first kappa shape index (κ1) is 15.9. The average Bonchev–Trinajstić information content (AvgIpc) is 3.20. The van der Waals surface area contributed by atoms with E-state index < -0.39 is 0 Å². The topological polar surface area (TPSA) is 85.3 Å². The van der Waals surface area contributed by atoms with Gasteiger partial charge in [0.2, 0.25) is 0 Å². The van der Waals surface area contributed by atoms with Gasteiger partial charge in [-0.1, -0.05) is 30.3 Å². The van der Waals surface area contributed by atoms with E-state index >= 15 is 0 Å². The third-order valence-electron chi connectivity index (χ3n) is 4.57. The van der Waals surface area contributed by atoms with Gasteiger partial charge in [-0.25, -0.2) is 4.98 Å². The molecule has 5 heteroatoms. The second-order valence-electron chi connectivity index (χ2n) is 6.25. The van der Waals surface area contributed by atoms with Gasteiger partial charge in [0.25, 0.3) is 0 Å². The monoisotopic (exact) mass is 340 g/mol. The summed E-state index contributed by atoms with van der Waals surface area (Å²) in [5.41, 5.74) is 6.01. The molecule has 2 heterocycles. The fourth-order valence-corrected chi connectivity index (χ4v) is 3.24. The number of ketones is 1. The second kappa shape index (κ2) is 6.01. The number of benzene rings is 2. The maximum absolute atomic E-state index is 12.6. The second-order valence-corrected chi connectivity index (χ2v) is 6.25. The van der Waals surface area contributed by atoms with Crippen molar-refractivity contribution in [3.8, 4) is 17.5 Å². The number of aryl methyl sites for hydroxylation is 1. The lowest BCUT2D eigenvalue weighted by Gasteiger charge is -2.00. The number of hydrogen-bond acceptors (Lipinski definition) is 3. The minimum atomic E-state index is -0.0298. The molecule has 126 valence electrons. The summed E-state index contributed by atoms with van der Waals surface area (Å²) in [6.45, 7) is 3.82. The number of hydrogen-bond donors (Lipinski definition) is 2. The summed E-state index contributed by atoms with van der Waals surface area (Å²) in [4.78, 5) is 23.7. The molecule has 0 spiro atoms. The average molecular weight is 340 g/mol. The molecule has 0 aliphatic carbocycles. The van der Waals surface area contributed by atoms with Crippen LogP contribution in [0.4, 0.5) is 0 Å². The van der Waals surface area contributed by atoms with Crippen LogP contribution < -0.4 is 0 Å². The van der Waals surface area contributed by atoms with Crippen molar-refractivity contribution in [1.82, 2.24) is 15.0 Å². The molecule has 0 aliphatic rings. The van der Waals surface area contributed by atoms with Crippen LogP contribution >= 0.6 is 0 Å². The third kappa shape index (κ3) is 2.49. The van der Waals surface area contributed by atoms with Gasteiger partial charge in [0.1, 0.15) is 17.6 Å². The maximum Gasteiger partial charge on any atom is 0.193 e. The van der Waals surface area contributed by atoms with Gasteiger partial charge in [0, 0.05) is 22.4 Å². The SMILES string of the molecule is Cc1[nH]c(C#N)c(C)c1-c1nc2cc(C(=O)c3ccccc3)ccc2[nH]1. The lowest BCUT2D eigenvalue weighted by atomic mass is 10.0. The molecule has 2 aromatic carbocycles. The molecule has 0 aliphatic heterocycles. The van der Waals surface area contributed by atoms with Crippen molar-refractivity contribution in [2.24, 2.45) is 0 Å². The van der Waals surface area contributed by atoms with E-state index in [1.165, 1.54) is 0 Å². The lowest BCUT2D eigenvalue weighted by molar-refractivity contribution is 0.103. The van der Waals surface area contributed by atoms with Gasteiger partial charge in [-0.3, -0.25) is 4.79 Å². The Kier molecular flexibility index (Phi) is 3.67. The summed E-state index contributed by atoms with van der Waals surface area (Å²) in [5, 5.41) is 9.20. The number of nitriles is 1. The molecule has 0 atom stereocenters. The highest BCUT2D eigenvalue weighted by Crippen LogP contribution is 2.29. The summed E-state index contributed by atoms with van der Waals surface area (Å²) >= 11 is 0. The molecular formula is C21H16N4O. The van der Waals surface area contributed by atoms with Crippen molar-refractivity contribution in [3.63, 3.8) is 0 Å². The number of aromatic nitrogens is 3. The minimum absolute atomic E-state index is 0.0298. The molecule has 2 aromatic heterocycles. The molecule has 0 bridgehead atoms. The first-order valence-electron chi connectivity index (χ1n) is 8.27. The zero-order valence-corrected chi connectivity index (χ0v) is 14.4. The first-order chi connectivity index (χ1) is 12.6. The number of aromatic amines is 2. The van der Waals surface area contributed by atoms with E-state index in [0.717, 1.165) is 27.9 Å². The van der Waals surface area contributed by atoms with E-state index in [-0.39, 0.29) is 5.78 Å². The highest BCUT2D eigenvalue weighted by atomic mass is 16.1. The Morgan fingerprint density at radius 3 is 2.50 bits per heavy atom. The van der Waals surface area contributed by atoms with Gasteiger partial charge in [-0.05, 0) is 37.6 Å². The summed E-state index contributed by atoms with van der Waals surface area (Å²) < 4.78 is 0. The van der Waals surface area contributed by atoms with Crippen molar-refractivity contribution < 1.29 is 4.79 Å². The van der Waals surface area contributed by atoms with Crippen LogP contribution in [-0.2, 0) is 0 Å². The predicted octanol–water partition coefficient (Wildman–Crippen LogP) is 4.28. The van der Waals surface area contributed by atoms with Gasteiger partial charge < -0.3 is 9.97 Å². The third-order valence-corrected chi connectivity index (χ3v) is 4.57. The maximum atomic E-state index is 12.6. The van der Waals surface area contributed by atoms with E-state index in [9.17, 15) is 10.1 Å². The molecule has 0 saturated heterocycles. The zero-order chi connectivity index (χ0) is 18.3. The number of fused-ring (bicyclic) bond motifs is 1. The quantitative estimate of drug-likeness (QED) is 0.546. The zero-order valence-electron chi connectivity index (χ0n) is 14.4. The number of nitrogens with zero attached hydrogens (tertiary/aromatic N) is 2. The summed E-state index contributed by atoms with van der Waals surface area (Å²) in [6.07, 6.45) is 0. The molecule has 4 aromatic rings. The normalized spacial score (nSPS) is 10.8. The van der Waals surface area contributed by atoms with E-state index in [4.69, 9.17) is 0 Å². The van der Waals surface area contributed by atoms with E-state index in [0.29, 0.717) is 22.6 Å². The van der Waals surface area contributed by atoms with Gasteiger partial charge in [0.05, 0.1) is 11.0 Å². The van der Waals surface area contributed by atoms with E-state index in [1.54, 1.807) is 24.3 Å². The van der Waals surface area contributed by atoms with Gasteiger partial charge in [-0.2, -0.15) is 5.26 Å². The van der Waals surface area contributed by atoms with Crippen LogP contribution in [-0.4, -0.2) is 20.7 Å². The number of nitrogens with one attached hydrogen (secondary N) is 2. The summed E-state index contributed by atoms with van der Waals surface area (Å²) in [7, 11) is 0. The number of imidazole rings is 1. The van der Waals surface area contributed by atoms with Crippen molar-refractivity contribution >= 4 is 16.8 Å².